The van der Waals surface area contributed by atoms with Crippen LogP contribution in [0.3, 0.4) is 0 Å². The van der Waals surface area contributed by atoms with Gasteiger partial charge in [0.2, 0.25) is 0 Å². The molecule has 1 saturated carbocycles. The summed E-state index contributed by atoms with van der Waals surface area (Å²) in [6.45, 7) is 3.57. The fraction of sp³-hybridized carbons (Fsp3) is 0.688. The van der Waals surface area contributed by atoms with Crippen LogP contribution in [-0.2, 0) is 5.60 Å². The lowest BCUT2D eigenvalue weighted by Crippen LogP contribution is -2.50. The number of urea groups is 1. The van der Waals surface area contributed by atoms with Crippen LogP contribution in [0.4, 0.5) is 4.79 Å². The predicted octanol–water partition coefficient (Wildman–Crippen LogP) is 2.77. The van der Waals surface area contributed by atoms with Crippen molar-refractivity contribution in [3.63, 3.8) is 0 Å². The Morgan fingerprint density at radius 3 is 2.82 bits per heavy atom. The van der Waals surface area contributed by atoms with E-state index < -0.39 is 5.60 Å². The third kappa shape index (κ3) is 4.43. The minimum atomic E-state index is -1.21. The van der Waals surface area contributed by atoms with E-state index in [2.05, 4.69) is 16.9 Å². The highest BCUT2D eigenvalue weighted by atomic mass is 32.2. The largest absolute Gasteiger partial charge is 0.463 e. The Kier molecular flexibility index (Phi) is 5.81. The average molecular weight is 326 g/mol. The van der Waals surface area contributed by atoms with Gasteiger partial charge in [-0.25, -0.2) is 4.79 Å². The van der Waals surface area contributed by atoms with Gasteiger partial charge in [-0.1, -0.05) is 12.8 Å². The summed E-state index contributed by atoms with van der Waals surface area (Å²) < 4.78 is 5.44. The molecular weight excluding hydrogens is 300 g/mol. The number of amides is 2. The van der Waals surface area contributed by atoms with Crippen molar-refractivity contribution in [2.45, 2.75) is 56.4 Å². The Labute approximate surface area is 136 Å². The first kappa shape index (κ1) is 17.2. The van der Waals surface area contributed by atoms with Crippen molar-refractivity contribution < 1.29 is 14.3 Å². The van der Waals surface area contributed by atoms with Gasteiger partial charge in [-0.15, -0.1) is 0 Å². The Morgan fingerprint density at radius 2 is 2.18 bits per heavy atom. The number of thioether (sulfide) groups is 1. The standard InChI is InChI=1S/C16H26N2O3S/c1-11-8-9-14(21-11)16(2,20)10-17-15(19)18-12-6-4-5-7-13(12)22-3/h8-9,12-13,20H,4-7,10H2,1-3H3,(H2,17,18,19). The summed E-state index contributed by atoms with van der Waals surface area (Å²) >= 11 is 1.81. The number of carbonyl (C=O) groups is 1. The van der Waals surface area contributed by atoms with Gasteiger partial charge in [-0.05, 0) is 45.1 Å². The highest BCUT2D eigenvalue weighted by Gasteiger charge is 2.29. The molecule has 1 fully saturated rings. The number of carbonyl (C=O) groups excluding carboxylic acids is 1. The molecule has 2 rings (SSSR count). The monoisotopic (exact) mass is 326 g/mol. The van der Waals surface area contributed by atoms with Crippen molar-refractivity contribution in [1.29, 1.82) is 0 Å². The van der Waals surface area contributed by atoms with Gasteiger partial charge >= 0.3 is 6.03 Å². The summed E-state index contributed by atoms with van der Waals surface area (Å²) in [6.07, 6.45) is 6.65. The molecule has 5 nitrogen and oxygen atoms in total. The van der Waals surface area contributed by atoms with Crippen LogP contribution >= 0.6 is 11.8 Å². The van der Waals surface area contributed by atoms with Crippen molar-refractivity contribution >= 4 is 17.8 Å². The third-order valence-electron chi connectivity index (χ3n) is 4.19. The fourth-order valence-electron chi connectivity index (χ4n) is 2.83. The Balaban J connectivity index is 1.84. The number of nitrogens with one attached hydrogen (secondary N) is 2. The van der Waals surface area contributed by atoms with Gasteiger partial charge in [0, 0.05) is 11.3 Å². The van der Waals surface area contributed by atoms with Gasteiger partial charge in [0.15, 0.2) is 0 Å². The van der Waals surface area contributed by atoms with E-state index in [9.17, 15) is 9.90 Å². The first-order chi connectivity index (χ1) is 10.4. The second kappa shape index (κ2) is 7.42. The molecule has 1 heterocycles. The lowest BCUT2D eigenvalue weighted by molar-refractivity contribution is 0.0358. The molecule has 0 spiro atoms. The van der Waals surface area contributed by atoms with Gasteiger partial charge in [-0.2, -0.15) is 11.8 Å². The lowest BCUT2D eigenvalue weighted by atomic mass is 9.95. The molecule has 6 heteroatoms. The summed E-state index contributed by atoms with van der Waals surface area (Å²) in [7, 11) is 0. The molecule has 3 unspecified atom stereocenters. The molecule has 22 heavy (non-hydrogen) atoms. The Hall–Kier alpha value is -1.14. The molecule has 3 atom stereocenters. The van der Waals surface area contributed by atoms with Crippen LogP contribution in [-0.4, -0.2) is 35.2 Å². The SMILES string of the molecule is CSC1CCCCC1NC(=O)NCC(C)(O)c1ccc(C)o1. The van der Waals surface area contributed by atoms with Gasteiger partial charge < -0.3 is 20.2 Å². The van der Waals surface area contributed by atoms with E-state index in [1.54, 1.807) is 19.1 Å². The first-order valence-electron chi connectivity index (χ1n) is 7.79. The topological polar surface area (TPSA) is 74.5 Å². The quantitative estimate of drug-likeness (QED) is 0.778. The predicted molar refractivity (Wildman–Crippen MR) is 89.1 cm³/mol. The molecular formula is C16H26N2O3S. The maximum atomic E-state index is 12.1. The van der Waals surface area contributed by atoms with Gasteiger partial charge in [0.1, 0.15) is 17.1 Å². The second-order valence-electron chi connectivity index (χ2n) is 6.18. The molecule has 3 N–H and O–H groups in total. The summed E-state index contributed by atoms with van der Waals surface area (Å²) in [4.78, 5) is 12.1. The van der Waals surface area contributed by atoms with E-state index in [-0.39, 0.29) is 18.6 Å². The summed E-state index contributed by atoms with van der Waals surface area (Å²) in [5.41, 5.74) is -1.21. The van der Waals surface area contributed by atoms with Crippen molar-refractivity contribution in [3.05, 3.63) is 23.7 Å². The fourth-order valence-corrected chi connectivity index (χ4v) is 3.76. The number of hydrogen-bond donors (Lipinski definition) is 3. The molecule has 124 valence electrons. The molecule has 1 aromatic rings. The lowest BCUT2D eigenvalue weighted by Gasteiger charge is -2.31. The first-order valence-corrected chi connectivity index (χ1v) is 9.07. The normalized spacial score (nSPS) is 24.5. The number of rotatable bonds is 5. The summed E-state index contributed by atoms with van der Waals surface area (Å²) in [5.74, 6) is 1.20. The van der Waals surface area contributed by atoms with Crippen LogP contribution < -0.4 is 10.6 Å². The number of hydrogen-bond acceptors (Lipinski definition) is 4. The number of aliphatic hydroxyl groups is 1. The molecule has 0 saturated heterocycles. The molecule has 0 bridgehead atoms. The molecule has 1 aliphatic rings. The zero-order chi connectivity index (χ0) is 16.2. The second-order valence-corrected chi connectivity index (χ2v) is 7.25. The van der Waals surface area contributed by atoms with E-state index in [1.807, 2.05) is 18.7 Å². The van der Waals surface area contributed by atoms with Crippen molar-refractivity contribution in [2.24, 2.45) is 0 Å². The molecule has 0 radical (unpaired) electrons. The van der Waals surface area contributed by atoms with Gasteiger partial charge in [-0.3, -0.25) is 0 Å². The van der Waals surface area contributed by atoms with E-state index in [4.69, 9.17) is 4.42 Å². The zero-order valence-electron chi connectivity index (χ0n) is 13.5. The van der Waals surface area contributed by atoms with E-state index in [0.29, 0.717) is 11.0 Å². The van der Waals surface area contributed by atoms with Crippen molar-refractivity contribution in [2.75, 3.05) is 12.8 Å². The Bertz CT molecular complexity index is 501. The van der Waals surface area contributed by atoms with Crippen molar-refractivity contribution in [1.82, 2.24) is 10.6 Å². The molecule has 2 amide bonds. The van der Waals surface area contributed by atoms with Crippen LogP contribution in [0.1, 0.15) is 44.1 Å². The zero-order valence-corrected chi connectivity index (χ0v) is 14.3. The maximum absolute atomic E-state index is 12.1. The van der Waals surface area contributed by atoms with Gasteiger partial charge in [0.25, 0.3) is 0 Å². The highest BCUT2D eigenvalue weighted by Crippen LogP contribution is 2.27. The number of furan rings is 1. The highest BCUT2D eigenvalue weighted by molar-refractivity contribution is 7.99. The van der Waals surface area contributed by atoms with Crippen LogP contribution in [0.2, 0.25) is 0 Å². The molecule has 0 aliphatic heterocycles. The Morgan fingerprint density at radius 1 is 1.45 bits per heavy atom. The summed E-state index contributed by atoms with van der Waals surface area (Å²) in [5, 5.41) is 16.7. The van der Waals surface area contributed by atoms with Crippen molar-refractivity contribution in [3.8, 4) is 0 Å². The minimum Gasteiger partial charge on any atom is -0.463 e. The molecule has 1 aliphatic carbocycles. The van der Waals surface area contributed by atoms with E-state index >= 15 is 0 Å². The van der Waals surface area contributed by atoms with Crippen LogP contribution in [0.15, 0.2) is 16.5 Å². The van der Waals surface area contributed by atoms with Crippen LogP contribution in [0, 0.1) is 6.92 Å². The number of aryl methyl sites for hydroxylation is 1. The van der Waals surface area contributed by atoms with Crippen LogP contribution in [0.25, 0.3) is 0 Å². The average Bonchev–Trinajstić information content (AvgIpc) is 2.93. The third-order valence-corrected chi connectivity index (χ3v) is 5.36. The summed E-state index contributed by atoms with van der Waals surface area (Å²) in [6, 6.07) is 3.52. The molecule has 0 aromatic carbocycles. The smallest absolute Gasteiger partial charge is 0.315 e. The van der Waals surface area contributed by atoms with E-state index in [0.717, 1.165) is 25.0 Å². The maximum Gasteiger partial charge on any atom is 0.315 e. The van der Waals surface area contributed by atoms with E-state index in [1.165, 1.54) is 6.42 Å². The molecule has 1 aromatic heterocycles. The van der Waals surface area contributed by atoms with Crippen LogP contribution in [0.5, 0.6) is 0 Å². The van der Waals surface area contributed by atoms with Gasteiger partial charge in [0.05, 0.1) is 6.54 Å². The minimum absolute atomic E-state index is 0.114.